The summed E-state index contributed by atoms with van der Waals surface area (Å²) < 4.78 is 0. The van der Waals surface area contributed by atoms with Crippen LogP contribution >= 0.6 is 0 Å². The predicted molar refractivity (Wildman–Crippen MR) is 64.6 cm³/mol. The first-order chi connectivity index (χ1) is 6.73. The molecular weight excluding hydrogens is 188 g/mol. The Kier molecular flexibility index (Phi) is 5.88. The van der Waals surface area contributed by atoms with Crippen molar-refractivity contribution in [2.75, 3.05) is 0 Å². The van der Waals surface area contributed by atoms with Crippen LogP contribution in [0, 0.1) is 5.41 Å². The fourth-order valence-electron chi connectivity index (χ4n) is 1.11. The van der Waals surface area contributed by atoms with Gasteiger partial charge in [-0.05, 0) is 32.1 Å². The van der Waals surface area contributed by atoms with Gasteiger partial charge < -0.3 is 11.1 Å². The van der Waals surface area contributed by atoms with E-state index in [1.54, 1.807) is 0 Å². The van der Waals surface area contributed by atoms with Gasteiger partial charge in [0.15, 0.2) is 0 Å². The van der Waals surface area contributed by atoms with Gasteiger partial charge >= 0.3 is 0 Å². The van der Waals surface area contributed by atoms with Crippen molar-refractivity contribution in [1.82, 2.24) is 5.32 Å². The molecule has 2 unspecified atom stereocenters. The van der Waals surface area contributed by atoms with E-state index in [0.717, 1.165) is 12.8 Å². The summed E-state index contributed by atoms with van der Waals surface area (Å²) in [4.78, 5) is 11.5. The highest BCUT2D eigenvalue weighted by molar-refractivity contribution is 5.76. The van der Waals surface area contributed by atoms with Crippen molar-refractivity contribution in [2.45, 2.75) is 66.0 Å². The van der Waals surface area contributed by atoms with E-state index in [2.05, 4.69) is 26.1 Å². The Morgan fingerprint density at radius 1 is 1.33 bits per heavy atom. The Bertz CT molecular complexity index is 194. The normalized spacial score (nSPS) is 15.9. The number of carbonyl (C=O) groups excluding carboxylic acids is 1. The Balaban J connectivity index is 3.75. The summed E-state index contributed by atoms with van der Waals surface area (Å²) >= 11 is 0. The lowest BCUT2D eigenvalue weighted by Crippen LogP contribution is -2.41. The molecule has 15 heavy (non-hydrogen) atoms. The maximum atomic E-state index is 11.5. The first-order valence-corrected chi connectivity index (χ1v) is 5.78. The van der Waals surface area contributed by atoms with E-state index in [9.17, 15) is 4.79 Å². The predicted octanol–water partition coefficient (Wildman–Crippen LogP) is 2.05. The highest BCUT2D eigenvalue weighted by atomic mass is 16.1. The molecular formula is C12H26N2O. The Morgan fingerprint density at radius 2 is 1.87 bits per heavy atom. The third kappa shape index (κ3) is 7.37. The van der Waals surface area contributed by atoms with Gasteiger partial charge in [0.25, 0.3) is 0 Å². The fourth-order valence-corrected chi connectivity index (χ4v) is 1.11. The van der Waals surface area contributed by atoms with Gasteiger partial charge in [0.2, 0.25) is 5.91 Å². The summed E-state index contributed by atoms with van der Waals surface area (Å²) in [5, 5.41) is 3.01. The molecule has 0 radical (unpaired) electrons. The molecule has 1 amide bonds. The van der Waals surface area contributed by atoms with Crippen LogP contribution in [0.4, 0.5) is 0 Å². The molecule has 3 heteroatoms. The fraction of sp³-hybridized carbons (Fsp3) is 0.917. The Labute approximate surface area is 93.8 Å². The molecule has 0 aromatic carbocycles. The van der Waals surface area contributed by atoms with Gasteiger partial charge in [-0.3, -0.25) is 4.79 Å². The molecule has 0 aromatic heterocycles. The molecule has 0 saturated carbocycles. The number of rotatable bonds is 5. The van der Waals surface area contributed by atoms with E-state index in [-0.39, 0.29) is 23.4 Å². The Hall–Kier alpha value is -0.570. The summed E-state index contributed by atoms with van der Waals surface area (Å²) in [6, 6.07) is 0.401. The first kappa shape index (κ1) is 14.4. The van der Waals surface area contributed by atoms with Crippen LogP contribution in [-0.4, -0.2) is 18.0 Å². The van der Waals surface area contributed by atoms with Crippen molar-refractivity contribution in [2.24, 2.45) is 11.1 Å². The zero-order valence-corrected chi connectivity index (χ0v) is 10.8. The summed E-state index contributed by atoms with van der Waals surface area (Å²) in [5.74, 6) is 0.137. The summed E-state index contributed by atoms with van der Waals surface area (Å²) in [7, 11) is 0. The van der Waals surface area contributed by atoms with Gasteiger partial charge in [0.05, 0.1) is 0 Å². The van der Waals surface area contributed by atoms with Crippen LogP contribution in [0.5, 0.6) is 0 Å². The zero-order valence-electron chi connectivity index (χ0n) is 10.8. The standard InChI is InChI=1S/C12H26N2O/c1-9(13)7-6-8-11(15)14-10(2)12(3,4)5/h9-10H,6-8,13H2,1-5H3,(H,14,15). The van der Waals surface area contributed by atoms with Crippen LogP contribution < -0.4 is 11.1 Å². The summed E-state index contributed by atoms with van der Waals surface area (Å²) in [5.41, 5.74) is 5.74. The van der Waals surface area contributed by atoms with Gasteiger partial charge in [-0.1, -0.05) is 20.8 Å². The number of hydrogen-bond donors (Lipinski definition) is 2. The average Bonchev–Trinajstić information content (AvgIpc) is 2.01. The summed E-state index contributed by atoms with van der Waals surface area (Å²) in [6.07, 6.45) is 2.37. The Morgan fingerprint density at radius 3 is 2.27 bits per heavy atom. The number of carbonyl (C=O) groups is 1. The molecule has 0 aliphatic heterocycles. The maximum absolute atomic E-state index is 11.5. The van der Waals surface area contributed by atoms with Gasteiger partial charge in [0, 0.05) is 18.5 Å². The molecule has 90 valence electrons. The molecule has 0 aromatic rings. The minimum atomic E-state index is 0.122. The third-order valence-electron chi connectivity index (χ3n) is 2.74. The average molecular weight is 214 g/mol. The molecule has 0 saturated heterocycles. The number of amides is 1. The lowest BCUT2D eigenvalue weighted by molar-refractivity contribution is -0.122. The molecule has 3 N–H and O–H groups in total. The van der Waals surface area contributed by atoms with Crippen LogP contribution in [0.2, 0.25) is 0 Å². The molecule has 0 fully saturated rings. The third-order valence-corrected chi connectivity index (χ3v) is 2.74. The van der Waals surface area contributed by atoms with Crippen molar-refractivity contribution in [3.8, 4) is 0 Å². The topological polar surface area (TPSA) is 55.1 Å². The van der Waals surface area contributed by atoms with E-state index in [1.807, 2.05) is 13.8 Å². The highest BCUT2D eigenvalue weighted by Crippen LogP contribution is 2.18. The van der Waals surface area contributed by atoms with Crippen LogP contribution in [0.15, 0.2) is 0 Å². The minimum Gasteiger partial charge on any atom is -0.353 e. The molecule has 0 aliphatic carbocycles. The second-order valence-electron chi connectivity index (χ2n) is 5.52. The van der Waals surface area contributed by atoms with Crippen LogP contribution in [0.25, 0.3) is 0 Å². The minimum absolute atomic E-state index is 0.122. The second kappa shape index (κ2) is 6.11. The van der Waals surface area contributed by atoms with Crippen molar-refractivity contribution < 1.29 is 4.79 Å². The van der Waals surface area contributed by atoms with Crippen molar-refractivity contribution in [3.63, 3.8) is 0 Å². The smallest absolute Gasteiger partial charge is 0.220 e. The second-order valence-corrected chi connectivity index (χ2v) is 5.52. The number of hydrogen-bond acceptors (Lipinski definition) is 2. The first-order valence-electron chi connectivity index (χ1n) is 5.78. The molecule has 0 bridgehead atoms. The van der Waals surface area contributed by atoms with Crippen LogP contribution in [-0.2, 0) is 4.79 Å². The van der Waals surface area contributed by atoms with Gasteiger partial charge in [-0.2, -0.15) is 0 Å². The van der Waals surface area contributed by atoms with Crippen molar-refractivity contribution >= 4 is 5.91 Å². The molecule has 0 rings (SSSR count). The lowest BCUT2D eigenvalue weighted by Gasteiger charge is -2.28. The van der Waals surface area contributed by atoms with Gasteiger partial charge in [-0.25, -0.2) is 0 Å². The molecule has 3 nitrogen and oxygen atoms in total. The molecule has 2 atom stereocenters. The van der Waals surface area contributed by atoms with Gasteiger partial charge in [-0.15, -0.1) is 0 Å². The largest absolute Gasteiger partial charge is 0.353 e. The van der Waals surface area contributed by atoms with E-state index in [1.165, 1.54) is 0 Å². The van der Waals surface area contributed by atoms with Gasteiger partial charge in [0.1, 0.15) is 0 Å². The lowest BCUT2D eigenvalue weighted by atomic mass is 9.88. The highest BCUT2D eigenvalue weighted by Gasteiger charge is 2.21. The maximum Gasteiger partial charge on any atom is 0.220 e. The molecule has 0 heterocycles. The van der Waals surface area contributed by atoms with E-state index in [4.69, 9.17) is 5.73 Å². The van der Waals surface area contributed by atoms with E-state index < -0.39 is 0 Å². The van der Waals surface area contributed by atoms with Crippen LogP contribution in [0.1, 0.15) is 53.9 Å². The SMILES string of the molecule is CC(N)CCCC(=O)NC(C)C(C)(C)C. The number of nitrogens with two attached hydrogens (primary N) is 1. The molecule has 0 aliphatic rings. The van der Waals surface area contributed by atoms with Crippen LogP contribution in [0.3, 0.4) is 0 Å². The van der Waals surface area contributed by atoms with Crippen molar-refractivity contribution in [1.29, 1.82) is 0 Å². The quantitative estimate of drug-likeness (QED) is 0.736. The molecule has 0 spiro atoms. The zero-order chi connectivity index (χ0) is 12.1. The monoisotopic (exact) mass is 214 g/mol. The number of nitrogens with one attached hydrogen (secondary N) is 1. The van der Waals surface area contributed by atoms with E-state index in [0.29, 0.717) is 6.42 Å². The van der Waals surface area contributed by atoms with E-state index >= 15 is 0 Å². The summed E-state index contributed by atoms with van der Waals surface area (Å²) in [6.45, 7) is 10.4. The van der Waals surface area contributed by atoms with Crippen molar-refractivity contribution in [3.05, 3.63) is 0 Å².